The molecule has 0 unspecified atom stereocenters. The standard InChI is InChI=1S/C26H31N3O.C2HF3O2/c1-2-3-8-21-13-15-24(16-14-21)28-26(30)29-25-12-7-11-22(19-25)17-18-27-20-23-9-5-4-6-10-23;3-2(4,5)1(6)7/h4-7,9-16,19,27H,2-3,8,17-18,20H2,1H3,(H2,28,29,30);(H,6,7). The van der Waals surface area contributed by atoms with Gasteiger partial charge in [0.1, 0.15) is 0 Å². The number of carboxylic acid groups (broad SMARTS) is 1. The molecule has 0 saturated carbocycles. The summed E-state index contributed by atoms with van der Waals surface area (Å²) in [5.41, 5.74) is 5.37. The maximum absolute atomic E-state index is 12.3. The first kappa shape index (κ1) is 29.4. The van der Waals surface area contributed by atoms with Gasteiger partial charge in [0.2, 0.25) is 0 Å². The van der Waals surface area contributed by atoms with Gasteiger partial charge in [0, 0.05) is 17.9 Å². The number of hydrogen-bond donors (Lipinski definition) is 4. The molecule has 0 heterocycles. The van der Waals surface area contributed by atoms with Crippen molar-refractivity contribution in [3.8, 4) is 0 Å². The maximum Gasteiger partial charge on any atom is 0.490 e. The highest BCUT2D eigenvalue weighted by Gasteiger charge is 2.38. The number of aliphatic carboxylic acids is 1. The van der Waals surface area contributed by atoms with E-state index in [4.69, 9.17) is 9.90 Å². The Kier molecular flexibility index (Phi) is 12.2. The zero-order valence-electron chi connectivity index (χ0n) is 20.6. The lowest BCUT2D eigenvalue weighted by Crippen LogP contribution is -2.21. The molecule has 3 rings (SSSR count). The molecule has 3 aromatic rings. The molecule has 0 saturated heterocycles. The molecule has 0 aliphatic rings. The number of nitrogens with one attached hydrogen (secondary N) is 3. The van der Waals surface area contributed by atoms with E-state index in [2.05, 4.69) is 65.3 Å². The smallest absolute Gasteiger partial charge is 0.475 e. The van der Waals surface area contributed by atoms with Gasteiger partial charge in [-0.3, -0.25) is 0 Å². The highest BCUT2D eigenvalue weighted by molar-refractivity contribution is 5.99. The monoisotopic (exact) mass is 515 g/mol. The van der Waals surface area contributed by atoms with Crippen LogP contribution < -0.4 is 16.0 Å². The minimum Gasteiger partial charge on any atom is -0.475 e. The maximum atomic E-state index is 12.3. The molecule has 0 spiro atoms. The van der Waals surface area contributed by atoms with Crippen molar-refractivity contribution in [1.82, 2.24) is 5.32 Å². The largest absolute Gasteiger partial charge is 0.490 e. The van der Waals surface area contributed by atoms with Gasteiger partial charge in [-0.2, -0.15) is 13.2 Å². The number of alkyl halides is 3. The fourth-order valence-corrected chi connectivity index (χ4v) is 3.29. The van der Waals surface area contributed by atoms with Crippen molar-refractivity contribution in [2.24, 2.45) is 0 Å². The third-order valence-electron chi connectivity index (χ3n) is 5.22. The van der Waals surface area contributed by atoms with Crippen LogP contribution in [0.4, 0.5) is 29.3 Å². The number of aryl methyl sites for hydroxylation is 1. The normalized spacial score (nSPS) is 10.7. The summed E-state index contributed by atoms with van der Waals surface area (Å²) >= 11 is 0. The summed E-state index contributed by atoms with van der Waals surface area (Å²) in [7, 11) is 0. The van der Waals surface area contributed by atoms with Gasteiger partial charge in [-0.1, -0.05) is 67.9 Å². The SMILES string of the molecule is CCCCc1ccc(NC(=O)Nc2cccc(CCNCc3ccccc3)c2)cc1.O=C(O)C(F)(F)F. The second-order valence-corrected chi connectivity index (χ2v) is 8.30. The lowest BCUT2D eigenvalue weighted by Gasteiger charge is -2.10. The quantitative estimate of drug-likeness (QED) is 0.228. The number of anilines is 2. The number of amides is 2. The first-order valence-corrected chi connectivity index (χ1v) is 12.0. The number of unbranched alkanes of at least 4 members (excludes halogenated alkanes) is 1. The minimum atomic E-state index is -5.08. The molecule has 0 radical (unpaired) electrons. The molecular formula is C28H32F3N3O3. The Morgan fingerprint density at radius 3 is 2.03 bits per heavy atom. The van der Waals surface area contributed by atoms with E-state index in [0.29, 0.717) is 0 Å². The van der Waals surface area contributed by atoms with E-state index in [-0.39, 0.29) is 6.03 Å². The van der Waals surface area contributed by atoms with Crippen molar-refractivity contribution in [3.63, 3.8) is 0 Å². The molecular weight excluding hydrogens is 483 g/mol. The fraction of sp³-hybridized carbons (Fsp3) is 0.286. The van der Waals surface area contributed by atoms with E-state index < -0.39 is 12.1 Å². The fourth-order valence-electron chi connectivity index (χ4n) is 3.29. The Labute approximate surface area is 214 Å². The van der Waals surface area contributed by atoms with Crippen LogP contribution in [0.1, 0.15) is 36.5 Å². The van der Waals surface area contributed by atoms with Gasteiger partial charge in [0.15, 0.2) is 0 Å². The summed E-state index contributed by atoms with van der Waals surface area (Å²) in [5.74, 6) is -2.76. The molecule has 4 N–H and O–H groups in total. The van der Waals surface area contributed by atoms with Gasteiger partial charge in [0.05, 0.1) is 0 Å². The first-order valence-electron chi connectivity index (χ1n) is 12.0. The molecule has 0 aromatic heterocycles. The van der Waals surface area contributed by atoms with Crippen LogP contribution in [0.25, 0.3) is 0 Å². The number of benzene rings is 3. The van der Waals surface area contributed by atoms with Crippen molar-refractivity contribution in [2.75, 3.05) is 17.2 Å². The van der Waals surface area contributed by atoms with Crippen LogP contribution in [0, 0.1) is 0 Å². The summed E-state index contributed by atoms with van der Waals surface area (Å²) in [6, 6.07) is 26.2. The van der Waals surface area contributed by atoms with Crippen LogP contribution in [-0.4, -0.2) is 29.8 Å². The molecule has 0 atom stereocenters. The molecule has 0 fully saturated rings. The van der Waals surface area contributed by atoms with Crippen LogP contribution in [0.15, 0.2) is 78.9 Å². The molecule has 2 amide bonds. The number of rotatable bonds is 10. The highest BCUT2D eigenvalue weighted by atomic mass is 19.4. The summed E-state index contributed by atoms with van der Waals surface area (Å²) < 4.78 is 31.7. The van der Waals surface area contributed by atoms with E-state index in [0.717, 1.165) is 37.3 Å². The predicted molar refractivity (Wildman–Crippen MR) is 140 cm³/mol. The van der Waals surface area contributed by atoms with Crippen LogP contribution in [-0.2, 0) is 24.2 Å². The van der Waals surface area contributed by atoms with Gasteiger partial charge >= 0.3 is 18.2 Å². The molecule has 0 aliphatic carbocycles. The van der Waals surface area contributed by atoms with Gasteiger partial charge in [-0.05, 0) is 66.8 Å². The zero-order valence-corrected chi connectivity index (χ0v) is 20.6. The highest BCUT2D eigenvalue weighted by Crippen LogP contribution is 2.15. The number of hydrogen-bond acceptors (Lipinski definition) is 3. The Bertz CT molecular complexity index is 1100. The Morgan fingerprint density at radius 1 is 0.784 bits per heavy atom. The molecule has 6 nitrogen and oxygen atoms in total. The summed E-state index contributed by atoms with van der Waals surface area (Å²) in [6.45, 7) is 3.93. The van der Waals surface area contributed by atoms with Crippen LogP contribution >= 0.6 is 0 Å². The summed E-state index contributed by atoms with van der Waals surface area (Å²) in [5, 5.41) is 16.4. The first-order chi connectivity index (χ1) is 17.7. The summed E-state index contributed by atoms with van der Waals surface area (Å²) in [6.07, 6.45) is -0.727. The van der Waals surface area contributed by atoms with Crippen LogP contribution in [0.3, 0.4) is 0 Å². The van der Waals surface area contributed by atoms with E-state index in [1.807, 2.05) is 36.4 Å². The predicted octanol–water partition coefficient (Wildman–Crippen LogP) is 6.64. The number of urea groups is 1. The summed E-state index contributed by atoms with van der Waals surface area (Å²) in [4.78, 5) is 21.2. The topological polar surface area (TPSA) is 90.5 Å². The van der Waals surface area contributed by atoms with Crippen molar-refractivity contribution < 1.29 is 27.9 Å². The molecule has 9 heteroatoms. The number of halogens is 3. The average Bonchev–Trinajstić information content (AvgIpc) is 2.87. The molecule has 0 aliphatic heterocycles. The number of carbonyl (C=O) groups excluding carboxylic acids is 1. The average molecular weight is 516 g/mol. The van der Waals surface area contributed by atoms with E-state index >= 15 is 0 Å². The number of carboxylic acids is 1. The van der Waals surface area contributed by atoms with Gasteiger partial charge in [-0.25, -0.2) is 9.59 Å². The Hall–Kier alpha value is -3.85. The lowest BCUT2D eigenvalue weighted by atomic mass is 10.1. The third-order valence-corrected chi connectivity index (χ3v) is 5.22. The third kappa shape index (κ3) is 12.1. The second kappa shape index (κ2) is 15.3. The van der Waals surface area contributed by atoms with E-state index in [1.54, 1.807) is 0 Å². The number of carbonyl (C=O) groups is 2. The zero-order chi connectivity index (χ0) is 27.1. The molecule has 37 heavy (non-hydrogen) atoms. The lowest BCUT2D eigenvalue weighted by molar-refractivity contribution is -0.192. The molecule has 198 valence electrons. The molecule has 0 bridgehead atoms. The van der Waals surface area contributed by atoms with Gasteiger partial charge in [-0.15, -0.1) is 0 Å². The van der Waals surface area contributed by atoms with Crippen LogP contribution in [0.2, 0.25) is 0 Å². The van der Waals surface area contributed by atoms with E-state index in [9.17, 15) is 18.0 Å². The Morgan fingerprint density at radius 2 is 1.41 bits per heavy atom. The molecule has 3 aromatic carbocycles. The van der Waals surface area contributed by atoms with Crippen molar-refractivity contribution >= 4 is 23.4 Å². The van der Waals surface area contributed by atoms with Crippen molar-refractivity contribution in [2.45, 2.75) is 45.3 Å². The van der Waals surface area contributed by atoms with Crippen molar-refractivity contribution in [1.29, 1.82) is 0 Å². The van der Waals surface area contributed by atoms with Crippen molar-refractivity contribution in [3.05, 3.63) is 95.6 Å². The van der Waals surface area contributed by atoms with E-state index in [1.165, 1.54) is 29.5 Å². The van der Waals surface area contributed by atoms with Gasteiger partial charge < -0.3 is 21.1 Å². The second-order valence-electron chi connectivity index (χ2n) is 8.30. The van der Waals surface area contributed by atoms with Gasteiger partial charge in [0.25, 0.3) is 0 Å². The van der Waals surface area contributed by atoms with Crippen LogP contribution in [0.5, 0.6) is 0 Å². The Balaban J connectivity index is 0.000000604. The minimum absolute atomic E-state index is 0.226.